The minimum Gasteiger partial charge on any atom is -0.493 e. The molecule has 2 aromatic carbocycles. The summed E-state index contributed by atoms with van der Waals surface area (Å²) in [6.07, 6.45) is -0.0601. The lowest BCUT2D eigenvalue weighted by atomic mass is 9.97. The zero-order chi connectivity index (χ0) is 24.4. The van der Waals surface area contributed by atoms with Crippen molar-refractivity contribution in [2.75, 3.05) is 14.2 Å². The number of hydrogen-bond donors (Lipinski definition) is 1. The smallest absolute Gasteiger partial charge is 0.306 e. The highest BCUT2D eigenvalue weighted by atomic mass is 35.5. The topological polar surface area (TPSA) is 95.7 Å². The summed E-state index contributed by atoms with van der Waals surface area (Å²) in [6.45, 7) is 4.20. The molecule has 1 N–H and O–H groups in total. The van der Waals surface area contributed by atoms with Gasteiger partial charge >= 0.3 is 5.97 Å². The monoisotopic (exact) mass is 485 g/mol. The van der Waals surface area contributed by atoms with Crippen molar-refractivity contribution in [2.45, 2.75) is 51.2 Å². The van der Waals surface area contributed by atoms with E-state index >= 15 is 0 Å². The van der Waals surface area contributed by atoms with Gasteiger partial charge in [0, 0.05) is 22.1 Å². The summed E-state index contributed by atoms with van der Waals surface area (Å²) in [5, 5.41) is 19.1. The molecule has 0 saturated heterocycles. The molecular formula is C25H28ClN3O5. The molecule has 180 valence electrons. The molecule has 2 atom stereocenters. The number of hydrogen-bond acceptors (Lipinski definition) is 6. The third-order valence-corrected chi connectivity index (χ3v) is 6.48. The van der Waals surface area contributed by atoms with E-state index in [1.165, 1.54) is 0 Å². The van der Waals surface area contributed by atoms with E-state index < -0.39 is 18.2 Å². The molecule has 1 aliphatic rings. The standard InChI is InChI=1S/C25H28ClN3O5/c1-5-14(6-2)24-27-28-25-20(13-21(30)31)34-22(16-8-7-9-19(32-3)23(16)33-4)17-12-15(26)10-11-18(17)29(24)25/h7-12,14,20,22H,5-6,13H2,1-4H3,(H,30,31). The van der Waals surface area contributed by atoms with Gasteiger partial charge in [0.1, 0.15) is 18.0 Å². The number of aliphatic carboxylic acids is 1. The van der Waals surface area contributed by atoms with Gasteiger partial charge in [-0.25, -0.2) is 0 Å². The molecule has 0 saturated carbocycles. The summed E-state index contributed by atoms with van der Waals surface area (Å²) in [6, 6.07) is 11.1. The molecule has 8 nitrogen and oxygen atoms in total. The maximum absolute atomic E-state index is 11.8. The van der Waals surface area contributed by atoms with Gasteiger partial charge in [-0.2, -0.15) is 0 Å². The van der Waals surface area contributed by atoms with Gasteiger partial charge in [0.25, 0.3) is 0 Å². The largest absolute Gasteiger partial charge is 0.493 e. The Morgan fingerprint density at radius 3 is 2.56 bits per heavy atom. The summed E-state index contributed by atoms with van der Waals surface area (Å²) < 4.78 is 19.7. The maximum atomic E-state index is 11.8. The van der Waals surface area contributed by atoms with Crippen molar-refractivity contribution in [3.63, 3.8) is 0 Å². The van der Waals surface area contributed by atoms with Crippen LogP contribution in [0.25, 0.3) is 5.69 Å². The van der Waals surface area contributed by atoms with Gasteiger partial charge in [-0.3, -0.25) is 9.36 Å². The summed E-state index contributed by atoms with van der Waals surface area (Å²) in [7, 11) is 3.13. The number of benzene rings is 2. The number of methoxy groups -OCH3 is 2. The fourth-order valence-corrected chi connectivity index (χ4v) is 4.76. The van der Waals surface area contributed by atoms with E-state index in [0.29, 0.717) is 27.9 Å². The minimum absolute atomic E-state index is 0.151. The Kier molecular flexibility index (Phi) is 7.09. The maximum Gasteiger partial charge on any atom is 0.306 e. The Bertz CT molecular complexity index is 1190. The third-order valence-electron chi connectivity index (χ3n) is 6.24. The minimum atomic E-state index is -0.996. The SMILES string of the molecule is CCC(CC)c1nnc2n1-c1ccc(Cl)cc1C(c1cccc(OC)c1OC)OC2CC(=O)O. The van der Waals surface area contributed by atoms with Crippen LogP contribution in [0.4, 0.5) is 0 Å². The lowest BCUT2D eigenvalue weighted by Crippen LogP contribution is -2.16. The number of carboxylic acid groups (broad SMARTS) is 1. The number of halogens is 1. The van der Waals surface area contributed by atoms with E-state index in [9.17, 15) is 9.90 Å². The van der Waals surface area contributed by atoms with Crippen LogP contribution < -0.4 is 9.47 Å². The van der Waals surface area contributed by atoms with E-state index in [0.717, 1.165) is 29.9 Å². The van der Waals surface area contributed by atoms with Crippen molar-refractivity contribution < 1.29 is 24.1 Å². The summed E-state index contributed by atoms with van der Waals surface area (Å²) >= 11 is 6.45. The van der Waals surface area contributed by atoms with Crippen LogP contribution in [0.2, 0.25) is 5.02 Å². The number of carboxylic acids is 1. The van der Waals surface area contributed by atoms with E-state index in [1.807, 2.05) is 28.8 Å². The number of rotatable bonds is 8. The molecule has 2 heterocycles. The predicted octanol–water partition coefficient (Wildman–Crippen LogP) is 5.48. The Labute approximate surface area is 203 Å². The number of carbonyl (C=O) groups is 1. The highest BCUT2D eigenvalue weighted by Crippen LogP contribution is 2.46. The van der Waals surface area contributed by atoms with Gasteiger partial charge in [0.15, 0.2) is 17.3 Å². The van der Waals surface area contributed by atoms with E-state index in [-0.39, 0.29) is 12.3 Å². The van der Waals surface area contributed by atoms with Crippen LogP contribution >= 0.6 is 11.6 Å². The van der Waals surface area contributed by atoms with Gasteiger partial charge in [0.05, 0.1) is 26.3 Å². The van der Waals surface area contributed by atoms with Gasteiger partial charge in [0.2, 0.25) is 0 Å². The van der Waals surface area contributed by atoms with Crippen molar-refractivity contribution in [1.82, 2.24) is 14.8 Å². The zero-order valence-corrected chi connectivity index (χ0v) is 20.4. The predicted molar refractivity (Wildman–Crippen MR) is 127 cm³/mol. The van der Waals surface area contributed by atoms with Crippen molar-refractivity contribution in [3.8, 4) is 17.2 Å². The molecule has 1 aliphatic heterocycles. The second-order valence-electron chi connectivity index (χ2n) is 8.15. The molecule has 4 rings (SSSR count). The summed E-state index contributed by atoms with van der Waals surface area (Å²) in [5.41, 5.74) is 2.26. The van der Waals surface area contributed by atoms with Gasteiger partial charge in [-0.05, 0) is 37.1 Å². The number of fused-ring (bicyclic) bond motifs is 3. The van der Waals surface area contributed by atoms with Crippen LogP contribution in [-0.4, -0.2) is 40.1 Å². The molecule has 0 radical (unpaired) electrons. The fraction of sp³-hybridized carbons (Fsp3) is 0.400. The first-order chi connectivity index (χ1) is 16.4. The number of aromatic nitrogens is 3. The average molecular weight is 486 g/mol. The second-order valence-corrected chi connectivity index (χ2v) is 8.59. The lowest BCUT2D eigenvalue weighted by Gasteiger charge is -2.24. The molecular weight excluding hydrogens is 458 g/mol. The summed E-state index contributed by atoms with van der Waals surface area (Å²) in [5.74, 6) is 1.44. The van der Waals surface area contributed by atoms with Crippen LogP contribution in [-0.2, 0) is 9.53 Å². The van der Waals surface area contributed by atoms with Gasteiger partial charge in [-0.15, -0.1) is 10.2 Å². The second kappa shape index (κ2) is 10.0. The molecule has 9 heteroatoms. The quantitative estimate of drug-likeness (QED) is 0.451. The molecule has 1 aromatic heterocycles. The molecule has 0 spiro atoms. The molecule has 2 unspecified atom stereocenters. The van der Waals surface area contributed by atoms with Crippen LogP contribution in [0.1, 0.15) is 74.0 Å². The van der Waals surface area contributed by atoms with Crippen molar-refractivity contribution in [2.24, 2.45) is 0 Å². The third kappa shape index (κ3) is 4.23. The molecule has 0 amide bonds. The first-order valence-electron chi connectivity index (χ1n) is 11.3. The first kappa shape index (κ1) is 24.0. The van der Waals surface area contributed by atoms with Gasteiger partial charge in [-0.1, -0.05) is 37.6 Å². The van der Waals surface area contributed by atoms with Crippen LogP contribution in [0.15, 0.2) is 36.4 Å². The average Bonchev–Trinajstić information content (AvgIpc) is 3.21. The van der Waals surface area contributed by atoms with Crippen molar-refractivity contribution in [3.05, 3.63) is 64.2 Å². The normalized spacial score (nSPS) is 17.1. The molecule has 0 fully saturated rings. The number of nitrogens with zero attached hydrogens (tertiary/aromatic N) is 3. The molecule has 0 bridgehead atoms. The molecule has 34 heavy (non-hydrogen) atoms. The molecule has 3 aromatic rings. The number of para-hydroxylation sites is 1. The Balaban J connectivity index is 2.02. The first-order valence-corrected chi connectivity index (χ1v) is 11.6. The highest BCUT2D eigenvalue weighted by molar-refractivity contribution is 6.30. The molecule has 0 aliphatic carbocycles. The van der Waals surface area contributed by atoms with Crippen LogP contribution in [0, 0.1) is 0 Å². The van der Waals surface area contributed by atoms with Crippen molar-refractivity contribution >= 4 is 17.6 Å². The van der Waals surface area contributed by atoms with Gasteiger partial charge < -0.3 is 19.3 Å². The van der Waals surface area contributed by atoms with E-state index in [1.54, 1.807) is 26.4 Å². The zero-order valence-electron chi connectivity index (χ0n) is 19.6. The van der Waals surface area contributed by atoms with Crippen LogP contribution in [0.3, 0.4) is 0 Å². The Morgan fingerprint density at radius 2 is 1.91 bits per heavy atom. The Morgan fingerprint density at radius 1 is 1.15 bits per heavy atom. The van der Waals surface area contributed by atoms with E-state index in [2.05, 4.69) is 24.0 Å². The van der Waals surface area contributed by atoms with Crippen LogP contribution in [0.5, 0.6) is 11.5 Å². The summed E-state index contributed by atoms with van der Waals surface area (Å²) in [4.78, 5) is 11.8. The fourth-order valence-electron chi connectivity index (χ4n) is 4.58. The number of ether oxygens (including phenoxy) is 3. The lowest BCUT2D eigenvalue weighted by molar-refractivity contribution is -0.141. The highest BCUT2D eigenvalue weighted by Gasteiger charge is 2.37. The Hall–Kier alpha value is -3.10. The van der Waals surface area contributed by atoms with Crippen molar-refractivity contribution in [1.29, 1.82) is 0 Å². The van der Waals surface area contributed by atoms with E-state index in [4.69, 9.17) is 25.8 Å².